The summed E-state index contributed by atoms with van der Waals surface area (Å²) in [6.45, 7) is 2.36. The first-order chi connectivity index (χ1) is 11.1. The van der Waals surface area contributed by atoms with Crippen molar-refractivity contribution in [2.24, 2.45) is 0 Å². The van der Waals surface area contributed by atoms with E-state index in [1.807, 2.05) is 6.92 Å². The van der Waals surface area contributed by atoms with Gasteiger partial charge in [-0.1, -0.05) is 17.7 Å². The maximum atomic E-state index is 11.9. The van der Waals surface area contributed by atoms with E-state index in [2.05, 4.69) is 10.6 Å². The van der Waals surface area contributed by atoms with Crippen LogP contribution in [0.2, 0.25) is 5.02 Å². The molecule has 0 aliphatic rings. The van der Waals surface area contributed by atoms with Crippen molar-refractivity contribution in [3.8, 4) is 5.75 Å². The van der Waals surface area contributed by atoms with Crippen LogP contribution in [-0.4, -0.2) is 25.0 Å². The van der Waals surface area contributed by atoms with Gasteiger partial charge in [-0.2, -0.15) is 0 Å². The minimum absolute atomic E-state index is 0.126. The molecule has 0 spiro atoms. The highest BCUT2D eigenvalue weighted by Gasteiger charge is 2.08. The second-order valence-electron chi connectivity index (χ2n) is 4.70. The van der Waals surface area contributed by atoms with Crippen molar-refractivity contribution in [2.75, 3.05) is 18.5 Å². The van der Waals surface area contributed by atoms with Gasteiger partial charge in [0.2, 0.25) is 5.91 Å². The Bertz CT molecular complexity index is 686. The molecule has 2 N–H and O–H groups in total. The first kappa shape index (κ1) is 16.8. The first-order valence-electron chi connectivity index (χ1n) is 7.15. The third-order valence-corrected chi connectivity index (χ3v) is 3.18. The predicted molar refractivity (Wildman–Crippen MR) is 90.0 cm³/mol. The zero-order valence-electron chi connectivity index (χ0n) is 12.6. The molecule has 0 fully saturated rings. The van der Waals surface area contributed by atoms with Gasteiger partial charge in [0, 0.05) is 16.3 Å². The molecule has 5 nitrogen and oxygen atoms in total. The van der Waals surface area contributed by atoms with Gasteiger partial charge in [0.15, 0.2) is 0 Å². The summed E-state index contributed by atoms with van der Waals surface area (Å²) < 4.78 is 5.32. The van der Waals surface area contributed by atoms with Crippen molar-refractivity contribution in [1.29, 1.82) is 0 Å². The van der Waals surface area contributed by atoms with E-state index in [0.717, 1.165) is 5.75 Å². The third kappa shape index (κ3) is 5.30. The van der Waals surface area contributed by atoms with Crippen molar-refractivity contribution < 1.29 is 14.3 Å². The molecule has 23 heavy (non-hydrogen) atoms. The number of carbonyl (C=O) groups is 2. The fraction of sp³-hybridized carbons (Fsp3) is 0.176. The Labute approximate surface area is 139 Å². The summed E-state index contributed by atoms with van der Waals surface area (Å²) >= 11 is 5.82. The molecule has 0 aliphatic carbocycles. The maximum absolute atomic E-state index is 11.9. The molecule has 2 rings (SSSR count). The number of hydrogen-bond acceptors (Lipinski definition) is 3. The van der Waals surface area contributed by atoms with Crippen molar-refractivity contribution in [3.05, 3.63) is 59.1 Å². The molecule has 0 radical (unpaired) electrons. The molecule has 0 aliphatic heterocycles. The van der Waals surface area contributed by atoms with Gasteiger partial charge in [0.05, 0.1) is 13.2 Å². The van der Waals surface area contributed by atoms with Crippen molar-refractivity contribution in [1.82, 2.24) is 5.32 Å². The average Bonchev–Trinajstić information content (AvgIpc) is 2.55. The second kappa shape index (κ2) is 8.19. The molecule has 0 bridgehead atoms. The number of ether oxygens (including phenoxy) is 1. The Morgan fingerprint density at radius 2 is 1.87 bits per heavy atom. The van der Waals surface area contributed by atoms with Gasteiger partial charge in [-0.3, -0.25) is 9.59 Å². The minimum atomic E-state index is -0.352. The molecule has 6 heteroatoms. The van der Waals surface area contributed by atoms with Crippen LogP contribution in [0.25, 0.3) is 0 Å². The lowest BCUT2D eigenvalue weighted by molar-refractivity contribution is -0.115. The Morgan fingerprint density at radius 3 is 2.52 bits per heavy atom. The van der Waals surface area contributed by atoms with Crippen molar-refractivity contribution >= 4 is 29.1 Å². The summed E-state index contributed by atoms with van der Waals surface area (Å²) in [5, 5.41) is 5.71. The van der Waals surface area contributed by atoms with E-state index in [1.165, 1.54) is 0 Å². The van der Waals surface area contributed by atoms with Gasteiger partial charge in [0.25, 0.3) is 5.91 Å². The Kier molecular flexibility index (Phi) is 6.00. The number of anilines is 1. The first-order valence-corrected chi connectivity index (χ1v) is 7.52. The minimum Gasteiger partial charge on any atom is -0.494 e. The molecule has 0 unspecified atom stereocenters. The highest BCUT2D eigenvalue weighted by Crippen LogP contribution is 2.15. The molecule has 2 aromatic rings. The van der Waals surface area contributed by atoms with Crippen LogP contribution in [0.3, 0.4) is 0 Å². The van der Waals surface area contributed by atoms with E-state index in [-0.39, 0.29) is 18.4 Å². The van der Waals surface area contributed by atoms with Crippen LogP contribution in [0.5, 0.6) is 5.75 Å². The van der Waals surface area contributed by atoms with Crippen LogP contribution in [0.1, 0.15) is 17.3 Å². The molecule has 0 atom stereocenters. The smallest absolute Gasteiger partial charge is 0.251 e. The summed E-state index contributed by atoms with van der Waals surface area (Å²) in [6.07, 6.45) is 0. The lowest BCUT2D eigenvalue weighted by Gasteiger charge is -2.08. The SMILES string of the molecule is CCOc1ccc(NC(=O)CNC(=O)c2cccc(Cl)c2)cc1. The van der Waals surface area contributed by atoms with Gasteiger partial charge < -0.3 is 15.4 Å². The lowest BCUT2D eigenvalue weighted by Crippen LogP contribution is -2.32. The summed E-state index contributed by atoms with van der Waals surface area (Å²) in [6, 6.07) is 13.5. The zero-order chi connectivity index (χ0) is 16.7. The summed E-state index contributed by atoms with van der Waals surface area (Å²) in [4.78, 5) is 23.7. The van der Waals surface area contributed by atoms with Crippen LogP contribution in [0.15, 0.2) is 48.5 Å². The average molecular weight is 333 g/mol. The number of amides is 2. The van der Waals surface area contributed by atoms with E-state index >= 15 is 0 Å². The maximum Gasteiger partial charge on any atom is 0.251 e. The van der Waals surface area contributed by atoms with Crippen LogP contribution in [0, 0.1) is 0 Å². The van der Waals surface area contributed by atoms with Crippen molar-refractivity contribution in [3.63, 3.8) is 0 Å². The summed E-state index contributed by atoms with van der Waals surface area (Å²) in [7, 11) is 0. The van der Waals surface area contributed by atoms with Gasteiger partial charge in [0.1, 0.15) is 5.75 Å². The Morgan fingerprint density at radius 1 is 1.13 bits per heavy atom. The number of carbonyl (C=O) groups excluding carboxylic acids is 2. The number of rotatable bonds is 6. The van der Waals surface area contributed by atoms with Crippen LogP contribution in [-0.2, 0) is 4.79 Å². The highest BCUT2D eigenvalue weighted by atomic mass is 35.5. The number of halogens is 1. The highest BCUT2D eigenvalue weighted by molar-refractivity contribution is 6.31. The lowest BCUT2D eigenvalue weighted by atomic mass is 10.2. The van der Waals surface area contributed by atoms with E-state index in [1.54, 1.807) is 48.5 Å². The second-order valence-corrected chi connectivity index (χ2v) is 5.14. The Hall–Kier alpha value is -2.53. The molecule has 0 heterocycles. The molecule has 0 saturated heterocycles. The molecule has 2 aromatic carbocycles. The number of hydrogen-bond donors (Lipinski definition) is 2. The normalized spacial score (nSPS) is 10.0. The summed E-state index contributed by atoms with van der Waals surface area (Å²) in [5.41, 5.74) is 1.04. The Balaban J connectivity index is 1.84. The topological polar surface area (TPSA) is 67.4 Å². The monoisotopic (exact) mass is 332 g/mol. The number of benzene rings is 2. The predicted octanol–water partition coefficient (Wildman–Crippen LogP) is 3.11. The van der Waals surface area contributed by atoms with Gasteiger partial charge in [-0.05, 0) is 49.4 Å². The van der Waals surface area contributed by atoms with E-state index in [9.17, 15) is 9.59 Å². The van der Waals surface area contributed by atoms with E-state index < -0.39 is 0 Å². The van der Waals surface area contributed by atoms with E-state index in [4.69, 9.17) is 16.3 Å². The van der Waals surface area contributed by atoms with Gasteiger partial charge in [-0.15, -0.1) is 0 Å². The summed E-state index contributed by atoms with van der Waals surface area (Å²) in [5.74, 6) is 0.0682. The van der Waals surface area contributed by atoms with Crippen molar-refractivity contribution in [2.45, 2.75) is 6.92 Å². The molecular formula is C17H17ClN2O3. The molecule has 120 valence electrons. The van der Waals surface area contributed by atoms with E-state index in [0.29, 0.717) is 22.9 Å². The van der Waals surface area contributed by atoms with Crippen LogP contribution >= 0.6 is 11.6 Å². The quantitative estimate of drug-likeness (QED) is 0.854. The van der Waals surface area contributed by atoms with Crippen LogP contribution in [0.4, 0.5) is 5.69 Å². The molecule has 0 saturated carbocycles. The molecular weight excluding hydrogens is 316 g/mol. The van der Waals surface area contributed by atoms with Gasteiger partial charge in [-0.25, -0.2) is 0 Å². The third-order valence-electron chi connectivity index (χ3n) is 2.95. The fourth-order valence-corrected chi connectivity index (χ4v) is 2.09. The molecule has 0 aromatic heterocycles. The van der Waals surface area contributed by atoms with Crippen LogP contribution < -0.4 is 15.4 Å². The standard InChI is InChI=1S/C17H17ClN2O3/c1-2-23-15-8-6-14(7-9-15)20-16(21)11-19-17(22)12-4-3-5-13(18)10-12/h3-10H,2,11H2,1H3,(H,19,22)(H,20,21). The largest absolute Gasteiger partial charge is 0.494 e. The number of nitrogens with one attached hydrogen (secondary N) is 2. The zero-order valence-corrected chi connectivity index (χ0v) is 13.4. The fourth-order valence-electron chi connectivity index (χ4n) is 1.90. The van der Waals surface area contributed by atoms with Gasteiger partial charge >= 0.3 is 0 Å². The molecule has 2 amide bonds.